The van der Waals surface area contributed by atoms with Crippen molar-refractivity contribution in [2.75, 3.05) is 19.3 Å². The summed E-state index contributed by atoms with van der Waals surface area (Å²) in [6, 6.07) is 7.74. The van der Waals surface area contributed by atoms with Crippen LogP contribution < -0.4 is 5.73 Å². The van der Waals surface area contributed by atoms with Crippen LogP contribution in [0.4, 0.5) is 5.82 Å². The fourth-order valence-corrected chi connectivity index (χ4v) is 2.47. The number of benzene rings is 1. The van der Waals surface area contributed by atoms with E-state index in [0.717, 1.165) is 36.2 Å². The number of nitrogen functional groups attached to an aromatic ring is 1. The topological polar surface area (TPSA) is 64.2 Å². The summed E-state index contributed by atoms with van der Waals surface area (Å²) in [6.45, 7) is 6.89. The monoisotopic (exact) mass is 300 g/mol. The van der Waals surface area contributed by atoms with Gasteiger partial charge in [0.25, 0.3) is 5.91 Å². The Labute approximate surface area is 131 Å². The van der Waals surface area contributed by atoms with Gasteiger partial charge in [0, 0.05) is 19.7 Å². The number of amides is 1. The minimum atomic E-state index is -0.0942. The van der Waals surface area contributed by atoms with Crippen LogP contribution in [0, 0.1) is 13.8 Å². The molecule has 0 aliphatic rings. The van der Waals surface area contributed by atoms with Gasteiger partial charge in [-0.1, -0.05) is 19.4 Å². The highest BCUT2D eigenvalue weighted by molar-refractivity contribution is 5.93. The van der Waals surface area contributed by atoms with Crippen molar-refractivity contribution in [1.82, 2.24) is 14.7 Å². The Hall–Kier alpha value is -2.30. The van der Waals surface area contributed by atoms with Crippen molar-refractivity contribution >= 4 is 11.7 Å². The average molecular weight is 300 g/mol. The molecular formula is C17H24N4O. The first-order valence-corrected chi connectivity index (χ1v) is 7.62. The first kappa shape index (κ1) is 16.1. The maximum Gasteiger partial charge on any atom is 0.274 e. The van der Waals surface area contributed by atoms with E-state index in [1.165, 1.54) is 0 Å². The first-order chi connectivity index (χ1) is 10.4. The minimum absolute atomic E-state index is 0.0942. The van der Waals surface area contributed by atoms with Gasteiger partial charge in [-0.25, -0.2) is 4.68 Å². The second kappa shape index (κ2) is 6.64. The molecule has 2 aromatic rings. The second-order valence-corrected chi connectivity index (χ2v) is 5.79. The molecule has 0 saturated carbocycles. The van der Waals surface area contributed by atoms with Crippen molar-refractivity contribution < 1.29 is 4.79 Å². The van der Waals surface area contributed by atoms with Crippen LogP contribution in [0.2, 0.25) is 0 Å². The predicted octanol–water partition coefficient (Wildman–Crippen LogP) is 2.94. The molecule has 2 rings (SSSR count). The molecule has 0 aliphatic carbocycles. The third kappa shape index (κ3) is 3.47. The molecule has 1 heterocycles. The number of unbranched alkanes of at least 4 members (excludes halogenated alkanes) is 1. The Morgan fingerprint density at radius 1 is 1.23 bits per heavy atom. The van der Waals surface area contributed by atoms with Gasteiger partial charge in [-0.2, -0.15) is 5.10 Å². The second-order valence-electron chi connectivity index (χ2n) is 5.79. The fraction of sp³-hybridized carbons (Fsp3) is 0.412. The molecule has 0 spiro atoms. The van der Waals surface area contributed by atoms with Crippen LogP contribution in [-0.2, 0) is 0 Å². The zero-order valence-corrected chi connectivity index (χ0v) is 13.8. The van der Waals surface area contributed by atoms with Crippen molar-refractivity contribution in [3.8, 4) is 5.69 Å². The van der Waals surface area contributed by atoms with Gasteiger partial charge in [-0.3, -0.25) is 4.79 Å². The third-order valence-electron chi connectivity index (χ3n) is 3.60. The quantitative estimate of drug-likeness (QED) is 0.923. The Morgan fingerprint density at radius 3 is 2.45 bits per heavy atom. The van der Waals surface area contributed by atoms with E-state index in [-0.39, 0.29) is 5.91 Å². The van der Waals surface area contributed by atoms with Crippen LogP contribution in [0.25, 0.3) is 5.69 Å². The van der Waals surface area contributed by atoms with E-state index in [9.17, 15) is 4.79 Å². The summed E-state index contributed by atoms with van der Waals surface area (Å²) in [5.41, 5.74) is 9.58. The van der Waals surface area contributed by atoms with Crippen LogP contribution in [0.5, 0.6) is 0 Å². The summed E-state index contributed by atoms with van der Waals surface area (Å²) in [5.74, 6) is 0.375. The number of carbonyl (C=O) groups is 1. The minimum Gasteiger partial charge on any atom is -0.384 e. The third-order valence-corrected chi connectivity index (χ3v) is 3.60. The lowest BCUT2D eigenvalue weighted by Crippen LogP contribution is -2.28. The summed E-state index contributed by atoms with van der Waals surface area (Å²) in [4.78, 5) is 14.1. The number of hydrogen-bond acceptors (Lipinski definition) is 3. The molecule has 2 N–H and O–H groups in total. The standard InChI is InChI=1S/C17H24N4O/c1-5-6-7-20(4)17(22)15-11-16(18)21(19-15)14-9-12(2)8-13(3)10-14/h8-11H,5-7,18H2,1-4H3. The van der Waals surface area contributed by atoms with Crippen molar-refractivity contribution in [1.29, 1.82) is 0 Å². The fourth-order valence-electron chi connectivity index (χ4n) is 2.47. The molecule has 0 bridgehead atoms. The molecule has 0 saturated heterocycles. The molecule has 1 aromatic carbocycles. The van der Waals surface area contributed by atoms with Crippen molar-refractivity contribution in [3.63, 3.8) is 0 Å². The van der Waals surface area contributed by atoms with Gasteiger partial charge in [0.15, 0.2) is 5.69 Å². The normalized spacial score (nSPS) is 10.7. The lowest BCUT2D eigenvalue weighted by Gasteiger charge is -2.14. The number of hydrogen-bond donors (Lipinski definition) is 1. The van der Waals surface area contributed by atoms with Gasteiger partial charge in [0.1, 0.15) is 5.82 Å². The van der Waals surface area contributed by atoms with Crippen LogP contribution in [-0.4, -0.2) is 34.2 Å². The van der Waals surface area contributed by atoms with Crippen molar-refractivity contribution in [3.05, 3.63) is 41.1 Å². The summed E-state index contributed by atoms with van der Waals surface area (Å²) in [6.07, 6.45) is 2.03. The molecule has 1 aromatic heterocycles. The molecule has 118 valence electrons. The highest BCUT2D eigenvalue weighted by Crippen LogP contribution is 2.18. The molecule has 0 radical (unpaired) electrons. The summed E-state index contributed by atoms with van der Waals surface area (Å²) in [5, 5.41) is 4.39. The Morgan fingerprint density at radius 2 is 1.86 bits per heavy atom. The molecule has 1 amide bonds. The van der Waals surface area contributed by atoms with Crippen LogP contribution in [0.1, 0.15) is 41.4 Å². The Bertz CT molecular complexity index is 655. The number of carbonyl (C=O) groups excluding carboxylic acids is 1. The summed E-state index contributed by atoms with van der Waals surface area (Å²) < 4.78 is 1.63. The molecule has 5 heteroatoms. The van der Waals surface area contributed by atoms with Gasteiger partial charge in [0.2, 0.25) is 0 Å². The Balaban J connectivity index is 2.29. The van der Waals surface area contributed by atoms with Crippen LogP contribution in [0.3, 0.4) is 0 Å². The van der Waals surface area contributed by atoms with Gasteiger partial charge < -0.3 is 10.6 Å². The molecule has 0 atom stereocenters. The number of aryl methyl sites for hydroxylation is 2. The number of rotatable bonds is 5. The maximum absolute atomic E-state index is 12.4. The largest absolute Gasteiger partial charge is 0.384 e. The van der Waals surface area contributed by atoms with E-state index in [4.69, 9.17) is 5.73 Å². The molecule has 5 nitrogen and oxygen atoms in total. The van der Waals surface area contributed by atoms with E-state index in [0.29, 0.717) is 11.5 Å². The lowest BCUT2D eigenvalue weighted by atomic mass is 10.1. The van der Waals surface area contributed by atoms with E-state index in [2.05, 4.69) is 18.1 Å². The van der Waals surface area contributed by atoms with Gasteiger partial charge in [-0.15, -0.1) is 0 Å². The maximum atomic E-state index is 12.4. The van der Waals surface area contributed by atoms with E-state index >= 15 is 0 Å². The van der Waals surface area contributed by atoms with Crippen LogP contribution >= 0.6 is 0 Å². The lowest BCUT2D eigenvalue weighted by molar-refractivity contribution is 0.0787. The first-order valence-electron chi connectivity index (χ1n) is 7.62. The number of aromatic nitrogens is 2. The molecule has 22 heavy (non-hydrogen) atoms. The zero-order valence-electron chi connectivity index (χ0n) is 13.8. The Kier molecular flexibility index (Phi) is 4.85. The van der Waals surface area contributed by atoms with Crippen molar-refractivity contribution in [2.24, 2.45) is 0 Å². The molecule has 0 unspecified atom stereocenters. The molecule has 0 aliphatic heterocycles. The average Bonchev–Trinajstić information content (AvgIpc) is 2.84. The van der Waals surface area contributed by atoms with Gasteiger partial charge in [0.05, 0.1) is 5.69 Å². The van der Waals surface area contributed by atoms with Gasteiger partial charge >= 0.3 is 0 Å². The smallest absolute Gasteiger partial charge is 0.274 e. The summed E-state index contributed by atoms with van der Waals surface area (Å²) >= 11 is 0. The number of nitrogens with two attached hydrogens (primary N) is 1. The van der Waals surface area contributed by atoms with Crippen LogP contribution in [0.15, 0.2) is 24.3 Å². The highest BCUT2D eigenvalue weighted by Gasteiger charge is 2.17. The summed E-state index contributed by atoms with van der Waals surface area (Å²) in [7, 11) is 1.80. The highest BCUT2D eigenvalue weighted by atomic mass is 16.2. The molecular weight excluding hydrogens is 276 g/mol. The van der Waals surface area contributed by atoms with E-state index in [1.54, 1.807) is 22.7 Å². The SMILES string of the molecule is CCCCN(C)C(=O)c1cc(N)n(-c2cc(C)cc(C)c2)n1. The number of anilines is 1. The predicted molar refractivity (Wildman–Crippen MR) is 89.3 cm³/mol. The van der Waals surface area contributed by atoms with Gasteiger partial charge in [-0.05, 0) is 43.5 Å². The van der Waals surface area contributed by atoms with Crippen molar-refractivity contribution in [2.45, 2.75) is 33.6 Å². The van der Waals surface area contributed by atoms with E-state index in [1.807, 2.05) is 26.0 Å². The zero-order chi connectivity index (χ0) is 16.3. The number of nitrogens with zero attached hydrogens (tertiary/aromatic N) is 3. The van der Waals surface area contributed by atoms with E-state index < -0.39 is 0 Å². The molecule has 0 fully saturated rings.